The average Bonchev–Trinajstić information content (AvgIpc) is 3.18. The molecule has 31 heavy (non-hydrogen) atoms. The average molecular weight is 455 g/mol. The lowest BCUT2D eigenvalue weighted by atomic mass is 10.1. The van der Waals surface area contributed by atoms with Crippen LogP contribution in [0.2, 0.25) is 10.0 Å². The van der Waals surface area contributed by atoms with Gasteiger partial charge in [-0.15, -0.1) is 0 Å². The number of hydrogen-bond donors (Lipinski definition) is 2. The molecule has 0 saturated carbocycles. The van der Waals surface area contributed by atoms with E-state index in [1.54, 1.807) is 37.4 Å². The molecule has 0 atom stereocenters. The maximum atomic E-state index is 12.7. The highest BCUT2D eigenvalue weighted by molar-refractivity contribution is 6.32. The Hall–Kier alpha value is -3.15. The van der Waals surface area contributed by atoms with Crippen LogP contribution in [0.4, 0.5) is 0 Å². The van der Waals surface area contributed by atoms with Crippen molar-refractivity contribution in [2.45, 2.75) is 13.2 Å². The first-order chi connectivity index (χ1) is 15.0. The number of aromatic nitrogens is 1. The summed E-state index contributed by atoms with van der Waals surface area (Å²) in [7, 11) is 1.58. The number of ether oxygens (including phenoxy) is 2. The van der Waals surface area contributed by atoms with E-state index < -0.39 is 0 Å². The molecule has 0 spiro atoms. The smallest absolute Gasteiger partial charge is 0.251 e. The molecule has 158 valence electrons. The van der Waals surface area contributed by atoms with E-state index >= 15 is 0 Å². The number of rotatable bonds is 7. The van der Waals surface area contributed by atoms with Crippen LogP contribution in [-0.4, -0.2) is 18.0 Å². The third-order valence-corrected chi connectivity index (χ3v) is 5.39. The molecule has 0 fully saturated rings. The lowest BCUT2D eigenvalue weighted by Gasteiger charge is -2.13. The van der Waals surface area contributed by atoms with Crippen molar-refractivity contribution in [3.8, 4) is 11.5 Å². The van der Waals surface area contributed by atoms with Gasteiger partial charge in [-0.1, -0.05) is 35.3 Å². The number of nitrogens with one attached hydrogen (secondary N) is 2. The molecular weight excluding hydrogens is 435 g/mol. The van der Waals surface area contributed by atoms with Crippen LogP contribution in [0.3, 0.4) is 0 Å². The van der Waals surface area contributed by atoms with E-state index in [1.165, 1.54) is 0 Å². The third kappa shape index (κ3) is 4.95. The van der Waals surface area contributed by atoms with Crippen LogP contribution in [0.1, 0.15) is 21.6 Å². The van der Waals surface area contributed by atoms with Crippen molar-refractivity contribution < 1.29 is 14.3 Å². The highest BCUT2D eigenvalue weighted by atomic mass is 35.5. The molecule has 7 heteroatoms. The van der Waals surface area contributed by atoms with Crippen LogP contribution in [0.15, 0.2) is 66.7 Å². The number of H-pyrrole nitrogens is 1. The summed E-state index contributed by atoms with van der Waals surface area (Å²) in [5.74, 6) is 1.01. The Morgan fingerprint density at radius 3 is 2.65 bits per heavy atom. The Balaban J connectivity index is 1.45. The lowest BCUT2D eigenvalue weighted by Crippen LogP contribution is -2.23. The fourth-order valence-corrected chi connectivity index (χ4v) is 3.66. The van der Waals surface area contributed by atoms with Gasteiger partial charge in [-0.3, -0.25) is 4.79 Å². The summed E-state index contributed by atoms with van der Waals surface area (Å²) in [5.41, 5.74) is 3.12. The fraction of sp³-hybridized carbons (Fsp3) is 0.125. The molecule has 4 rings (SSSR count). The number of fused-ring (bicyclic) bond motifs is 1. The predicted octanol–water partition coefficient (Wildman–Crippen LogP) is 5.99. The van der Waals surface area contributed by atoms with E-state index in [0.29, 0.717) is 33.7 Å². The maximum absolute atomic E-state index is 12.7. The molecule has 0 aliphatic rings. The van der Waals surface area contributed by atoms with Crippen LogP contribution >= 0.6 is 23.2 Å². The molecule has 0 aliphatic carbocycles. The zero-order chi connectivity index (χ0) is 21.8. The summed E-state index contributed by atoms with van der Waals surface area (Å²) in [5, 5.41) is 5.13. The quantitative estimate of drug-likeness (QED) is 0.360. The van der Waals surface area contributed by atoms with Gasteiger partial charge in [-0.25, -0.2) is 0 Å². The summed E-state index contributed by atoms with van der Waals surface area (Å²) in [6.45, 7) is 0.583. The molecule has 0 saturated heterocycles. The first kappa shape index (κ1) is 21.1. The number of para-hydroxylation sites is 1. The fourth-order valence-electron chi connectivity index (χ4n) is 3.29. The molecule has 0 aliphatic heterocycles. The zero-order valence-corrected chi connectivity index (χ0v) is 18.3. The highest BCUT2D eigenvalue weighted by Gasteiger charge is 2.12. The third-order valence-electron chi connectivity index (χ3n) is 4.84. The Kier molecular flexibility index (Phi) is 6.35. The van der Waals surface area contributed by atoms with E-state index in [-0.39, 0.29) is 12.5 Å². The van der Waals surface area contributed by atoms with E-state index in [4.69, 9.17) is 32.7 Å². The minimum absolute atomic E-state index is 0.196. The van der Waals surface area contributed by atoms with Gasteiger partial charge >= 0.3 is 0 Å². The first-order valence-electron chi connectivity index (χ1n) is 9.63. The SMILES string of the molecule is COc1ccc(C(=O)NCc2cc3cc(Cl)ccc3[nH]2)cc1COc1ccccc1Cl. The summed E-state index contributed by atoms with van der Waals surface area (Å²) in [6.07, 6.45) is 0. The Bertz CT molecular complexity index is 1240. The molecule has 3 aromatic carbocycles. The molecule has 0 radical (unpaired) electrons. The van der Waals surface area contributed by atoms with Crippen LogP contribution in [0, 0.1) is 0 Å². The molecule has 0 unspecified atom stereocenters. The summed E-state index contributed by atoms with van der Waals surface area (Å²) >= 11 is 12.2. The van der Waals surface area contributed by atoms with Gasteiger partial charge in [0.15, 0.2) is 0 Å². The van der Waals surface area contributed by atoms with Crippen LogP contribution < -0.4 is 14.8 Å². The molecule has 1 amide bonds. The predicted molar refractivity (Wildman–Crippen MR) is 123 cm³/mol. The first-order valence-corrected chi connectivity index (χ1v) is 10.4. The Labute approximate surface area is 189 Å². The van der Waals surface area contributed by atoms with Gasteiger partial charge < -0.3 is 19.8 Å². The molecular formula is C24H20Cl2N2O3. The second-order valence-corrected chi connectivity index (χ2v) is 7.80. The zero-order valence-electron chi connectivity index (χ0n) is 16.7. The molecule has 0 bridgehead atoms. The maximum Gasteiger partial charge on any atom is 0.251 e. The van der Waals surface area contributed by atoms with Crippen molar-refractivity contribution in [3.63, 3.8) is 0 Å². The van der Waals surface area contributed by atoms with Gasteiger partial charge in [0.05, 0.1) is 18.7 Å². The number of aromatic amines is 1. The normalized spacial score (nSPS) is 10.8. The number of halogens is 2. The number of benzene rings is 3. The Morgan fingerprint density at radius 1 is 1.00 bits per heavy atom. The van der Waals surface area contributed by atoms with Gasteiger partial charge in [0.2, 0.25) is 0 Å². The number of methoxy groups -OCH3 is 1. The van der Waals surface area contributed by atoms with E-state index in [0.717, 1.165) is 22.2 Å². The summed E-state index contributed by atoms with van der Waals surface area (Å²) in [4.78, 5) is 16.0. The van der Waals surface area contributed by atoms with Crippen molar-refractivity contribution >= 4 is 40.0 Å². The van der Waals surface area contributed by atoms with Crippen LogP contribution in [0.25, 0.3) is 10.9 Å². The van der Waals surface area contributed by atoms with Gasteiger partial charge in [0.25, 0.3) is 5.91 Å². The van der Waals surface area contributed by atoms with Gasteiger partial charge in [0, 0.05) is 32.7 Å². The molecule has 4 aromatic rings. The second kappa shape index (κ2) is 9.33. The highest BCUT2D eigenvalue weighted by Crippen LogP contribution is 2.27. The van der Waals surface area contributed by atoms with Gasteiger partial charge in [0.1, 0.15) is 18.1 Å². The number of amides is 1. The van der Waals surface area contributed by atoms with Crippen LogP contribution in [0.5, 0.6) is 11.5 Å². The molecule has 1 heterocycles. The van der Waals surface area contributed by atoms with Crippen molar-refractivity contribution in [2.24, 2.45) is 0 Å². The van der Waals surface area contributed by atoms with Crippen molar-refractivity contribution in [1.29, 1.82) is 0 Å². The van der Waals surface area contributed by atoms with Crippen LogP contribution in [-0.2, 0) is 13.2 Å². The minimum Gasteiger partial charge on any atom is -0.496 e. The topological polar surface area (TPSA) is 63.3 Å². The molecule has 2 N–H and O–H groups in total. The number of carbonyl (C=O) groups is 1. The van der Waals surface area contributed by atoms with E-state index in [9.17, 15) is 4.79 Å². The monoisotopic (exact) mass is 454 g/mol. The number of hydrogen-bond acceptors (Lipinski definition) is 3. The minimum atomic E-state index is -0.196. The van der Waals surface area contributed by atoms with Gasteiger partial charge in [-0.2, -0.15) is 0 Å². The van der Waals surface area contributed by atoms with Crippen molar-refractivity contribution in [2.75, 3.05) is 7.11 Å². The standard InChI is InChI=1S/C24H20Cl2N2O3/c1-30-22-9-6-15(10-17(22)14-31-23-5-3-2-4-20(23)26)24(29)27-13-19-12-16-11-18(25)7-8-21(16)28-19/h2-12,28H,13-14H2,1H3,(H,27,29). The van der Waals surface area contributed by atoms with E-state index in [2.05, 4.69) is 10.3 Å². The van der Waals surface area contributed by atoms with Crippen molar-refractivity contribution in [3.05, 3.63) is 93.6 Å². The van der Waals surface area contributed by atoms with E-state index in [1.807, 2.05) is 36.4 Å². The summed E-state index contributed by atoms with van der Waals surface area (Å²) in [6, 6.07) is 20.1. The summed E-state index contributed by atoms with van der Waals surface area (Å²) < 4.78 is 11.2. The number of carbonyl (C=O) groups excluding carboxylic acids is 1. The molecule has 5 nitrogen and oxygen atoms in total. The van der Waals surface area contributed by atoms with Crippen molar-refractivity contribution in [1.82, 2.24) is 10.3 Å². The molecule has 1 aromatic heterocycles. The Morgan fingerprint density at radius 2 is 1.84 bits per heavy atom. The largest absolute Gasteiger partial charge is 0.496 e. The lowest BCUT2D eigenvalue weighted by molar-refractivity contribution is 0.0950. The van der Waals surface area contributed by atoms with Gasteiger partial charge in [-0.05, 0) is 54.6 Å². The second-order valence-electron chi connectivity index (χ2n) is 6.95.